The summed E-state index contributed by atoms with van der Waals surface area (Å²) in [5.74, 6) is 1.82. The number of aromatic amines is 1. The zero-order valence-electron chi connectivity index (χ0n) is 14.2. The number of benzene rings is 2. The van der Waals surface area contributed by atoms with E-state index >= 15 is 0 Å². The molecule has 1 heterocycles. The lowest BCUT2D eigenvalue weighted by molar-refractivity contribution is 0.352. The van der Waals surface area contributed by atoms with Crippen LogP contribution in [0.1, 0.15) is 31.3 Å². The molecule has 2 N–H and O–H groups in total. The third-order valence-corrected chi connectivity index (χ3v) is 3.81. The van der Waals surface area contributed by atoms with Gasteiger partial charge in [0, 0.05) is 6.54 Å². The fourth-order valence-corrected chi connectivity index (χ4v) is 2.50. The summed E-state index contributed by atoms with van der Waals surface area (Å²) in [7, 11) is 0. The van der Waals surface area contributed by atoms with Gasteiger partial charge in [-0.2, -0.15) is 0 Å². The van der Waals surface area contributed by atoms with Crippen LogP contribution in [-0.2, 0) is 6.54 Å². The van der Waals surface area contributed by atoms with Crippen LogP contribution in [0.25, 0.3) is 11.0 Å². The van der Waals surface area contributed by atoms with E-state index in [-0.39, 0.29) is 6.04 Å². The third kappa shape index (κ3) is 4.03. The lowest BCUT2D eigenvalue weighted by Gasteiger charge is -2.12. The summed E-state index contributed by atoms with van der Waals surface area (Å²) < 4.78 is 5.69. The van der Waals surface area contributed by atoms with Gasteiger partial charge >= 0.3 is 0 Å². The minimum absolute atomic E-state index is 0.136. The Bertz CT molecular complexity index is 805. The number of ether oxygens (including phenoxy) is 1. The van der Waals surface area contributed by atoms with E-state index in [1.807, 2.05) is 43.3 Å². The van der Waals surface area contributed by atoms with Crippen LogP contribution < -0.4 is 10.1 Å². The zero-order valence-corrected chi connectivity index (χ0v) is 14.2. The fraction of sp³-hybridized carbons (Fsp3) is 0.250. The van der Waals surface area contributed by atoms with Crippen molar-refractivity contribution in [1.29, 1.82) is 0 Å². The summed E-state index contributed by atoms with van der Waals surface area (Å²) in [4.78, 5) is 8.01. The Labute approximate surface area is 142 Å². The summed E-state index contributed by atoms with van der Waals surface area (Å²) in [6.07, 6.45) is 0. The Morgan fingerprint density at radius 1 is 1.25 bits per heavy atom. The minimum atomic E-state index is 0.136. The van der Waals surface area contributed by atoms with E-state index in [1.54, 1.807) is 0 Å². The highest BCUT2D eigenvalue weighted by molar-refractivity contribution is 5.74. The van der Waals surface area contributed by atoms with Crippen molar-refractivity contribution < 1.29 is 4.74 Å². The molecule has 0 radical (unpaired) electrons. The molecule has 0 saturated heterocycles. The smallest absolute Gasteiger partial charge is 0.124 e. The molecule has 2 aromatic carbocycles. The van der Waals surface area contributed by atoms with E-state index in [4.69, 9.17) is 4.74 Å². The molecular formula is C20H23N3O. The van der Waals surface area contributed by atoms with E-state index in [2.05, 4.69) is 40.9 Å². The van der Waals surface area contributed by atoms with Crippen molar-refractivity contribution in [3.05, 3.63) is 72.1 Å². The largest absolute Gasteiger partial charge is 0.489 e. The number of hydrogen-bond donors (Lipinski definition) is 2. The molecule has 0 aliphatic rings. The third-order valence-electron chi connectivity index (χ3n) is 3.81. The highest BCUT2D eigenvalue weighted by Gasteiger charge is 2.10. The number of aromatic nitrogens is 2. The summed E-state index contributed by atoms with van der Waals surface area (Å²) in [5.41, 5.74) is 4.25. The quantitative estimate of drug-likeness (QED) is 0.635. The van der Waals surface area contributed by atoms with Gasteiger partial charge < -0.3 is 15.0 Å². The summed E-state index contributed by atoms with van der Waals surface area (Å²) in [6.45, 7) is 9.23. The van der Waals surface area contributed by atoms with Crippen LogP contribution in [-0.4, -0.2) is 16.6 Å². The summed E-state index contributed by atoms with van der Waals surface area (Å²) in [6, 6.07) is 16.3. The monoisotopic (exact) mass is 321 g/mol. The second-order valence-electron chi connectivity index (χ2n) is 6.13. The number of hydrogen-bond acceptors (Lipinski definition) is 3. The molecular weight excluding hydrogens is 298 g/mol. The molecule has 0 unspecified atom stereocenters. The van der Waals surface area contributed by atoms with E-state index in [0.717, 1.165) is 34.7 Å². The van der Waals surface area contributed by atoms with Crippen LogP contribution >= 0.6 is 0 Å². The van der Waals surface area contributed by atoms with Gasteiger partial charge in [0.1, 0.15) is 18.2 Å². The van der Waals surface area contributed by atoms with Gasteiger partial charge in [-0.15, -0.1) is 0 Å². The van der Waals surface area contributed by atoms with E-state index in [9.17, 15) is 0 Å². The first-order valence-electron chi connectivity index (χ1n) is 8.16. The van der Waals surface area contributed by atoms with Crippen molar-refractivity contribution in [3.8, 4) is 5.75 Å². The highest BCUT2D eigenvalue weighted by Crippen LogP contribution is 2.17. The molecule has 1 aromatic heterocycles. The molecule has 4 nitrogen and oxygen atoms in total. The van der Waals surface area contributed by atoms with Gasteiger partial charge in [0.15, 0.2) is 0 Å². The number of nitrogens with one attached hydrogen (secondary N) is 2. The van der Waals surface area contributed by atoms with E-state index in [0.29, 0.717) is 6.61 Å². The lowest BCUT2D eigenvalue weighted by atomic mass is 10.2. The summed E-state index contributed by atoms with van der Waals surface area (Å²) in [5, 5.41) is 3.50. The first-order valence-corrected chi connectivity index (χ1v) is 8.16. The number of fused-ring (bicyclic) bond motifs is 1. The Kier molecular flexibility index (Phi) is 4.96. The number of para-hydroxylation sites is 2. The maximum absolute atomic E-state index is 5.69. The maximum Gasteiger partial charge on any atom is 0.124 e. The molecule has 0 saturated carbocycles. The molecule has 0 spiro atoms. The Balaban J connectivity index is 1.62. The van der Waals surface area contributed by atoms with Gasteiger partial charge in [0.05, 0.1) is 17.1 Å². The van der Waals surface area contributed by atoms with Gasteiger partial charge in [-0.05, 0) is 49.2 Å². The molecule has 24 heavy (non-hydrogen) atoms. The SMILES string of the molecule is C=C(C)COc1cccc(CN[C@@H](C)c2nc3ccccc3[nH]2)c1. The first-order chi connectivity index (χ1) is 11.6. The van der Waals surface area contributed by atoms with Crippen LogP contribution in [0.3, 0.4) is 0 Å². The molecule has 0 aliphatic carbocycles. The lowest BCUT2D eigenvalue weighted by Crippen LogP contribution is -2.19. The fourth-order valence-electron chi connectivity index (χ4n) is 2.50. The molecule has 4 heteroatoms. The minimum Gasteiger partial charge on any atom is -0.489 e. The Morgan fingerprint density at radius 2 is 2.08 bits per heavy atom. The predicted octanol–water partition coefficient (Wildman–Crippen LogP) is 4.37. The maximum atomic E-state index is 5.69. The molecule has 0 amide bonds. The van der Waals surface area contributed by atoms with Gasteiger partial charge in [0.25, 0.3) is 0 Å². The van der Waals surface area contributed by atoms with Crippen molar-refractivity contribution in [2.24, 2.45) is 0 Å². The normalized spacial score (nSPS) is 12.2. The molecule has 0 aliphatic heterocycles. The van der Waals surface area contributed by atoms with Crippen LogP contribution in [0.5, 0.6) is 5.75 Å². The molecule has 0 bridgehead atoms. The number of imidazole rings is 1. The number of rotatable bonds is 7. The molecule has 1 atom stereocenters. The first kappa shape index (κ1) is 16.3. The standard InChI is InChI=1S/C20H23N3O/c1-14(2)13-24-17-8-6-7-16(11-17)12-21-15(3)20-22-18-9-4-5-10-19(18)23-20/h4-11,15,21H,1,12-13H2,2-3H3,(H,22,23)/t15-/m0/s1. The second kappa shape index (κ2) is 7.32. The molecule has 3 aromatic rings. The van der Waals surface area contributed by atoms with Gasteiger partial charge in [-0.3, -0.25) is 0 Å². The van der Waals surface area contributed by atoms with Crippen LogP contribution in [0.15, 0.2) is 60.7 Å². The highest BCUT2D eigenvalue weighted by atomic mass is 16.5. The van der Waals surface area contributed by atoms with Crippen molar-refractivity contribution in [1.82, 2.24) is 15.3 Å². The van der Waals surface area contributed by atoms with Crippen molar-refractivity contribution >= 4 is 11.0 Å². The second-order valence-corrected chi connectivity index (χ2v) is 6.13. The Hall–Kier alpha value is -2.59. The topological polar surface area (TPSA) is 49.9 Å². The molecule has 124 valence electrons. The predicted molar refractivity (Wildman–Crippen MR) is 98.1 cm³/mol. The number of nitrogens with zero attached hydrogens (tertiary/aromatic N) is 1. The van der Waals surface area contributed by atoms with E-state index in [1.165, 1.54) is 5.56 Å². The Morgan fingerprint density at radius 3 is 2.88 bits per heavy atom. The van der Waals surface area contributed by atoms with Gasteiger partial charge in [-0.25, -0.2) is 4.98 Å². The molecule has 3 rings (SSSR count). The van der Waals surface area contributed by atoms with Crippen LogP contribution in [0.4, 0.5) is 0 Å². The van der Waals surface area contributed by atoms with Gasteiger partial charge in [-0.1, -0.05) is 30.8 Å². The molecule has 0 fully saturated rings. The van der Waals surface area contributed by atoms with Crippen LogP contribution in [0, 0.1) is 0 Å². The average Bonchev–Trinajstić information content (AvgIpc) is 3.02. The summed E-state index contributed by atoms with van der Waals surface area (Å²) >= 11 is 0. The van der Waals surface area contributed by atoms with Crippen molar-refractivity contribution in [3.63, 3.8) is 0 Å². The van der Waals surface area contributed by atoms with Crippen molar-refractivity contribution in [2.75, 3.05) is 6.61 Å². The average molecular weight is 321 g/mol. The van der Waals surface area contributed by atoms with Crippen LogP contribution in [0.2, 0.25) is 0 Å². The van der Waals surface area contributed by atoms with Gasteiger partial charge in [0.2, 0.25) is 0 Å². The van der Waals surface area contributed by atoms with E-state index < -0.39 is 0 Å². The van der Waals surface area contributed by atoms with Crippen molar-refractivity contribution in [2.45, 2.75) is 26.4 Å². The zero-order chi connectivity index (χ0) is 16.9. The number of H-pyrrole nitrogens is 1.